The van der Waals surface area contributed by atoms with Gasteiger partial charge in [0.05, 0.1) is 0 Å². The van der Waals surface area contributed by atoms with Crippen molar-refractivity contribution in [2.75, 3.05) is 0 Å². The standard InChI is InChI=1S/C14H13ClN2O2/c1-8-4-13(19-14(8)18)12-5-10(15)2-3-11(12)9(6-16)7-17/h2-3,5-7,13,16H,1,4,17H2/b9-7+,16-6?. The zero-order valence-corrected chi connectivity index (χ0v) is 10.9. The first-order valence-corrected chi connectivity index (χ1v) is 6.05. The molecule has 0 bridgehead atoms. The van der Waals surface area contributed by atoms with Gasteiger partial charge in [0, 0.05) is 40.6 Å². The van der Waals surface area contributed by atoms with Crippen molar-refractivity contribution in [1.29, 1.82) is 5.41 Å². The topological polar surface area (TPSA) is 76.2 Å². The molecule has 1 saturated heterocycles. The number of nitrogens with two attached hydrogens (primary N) is 1. The third kappa shape index (κ3) is 2.53. The molecule has 1 fully saturated rings. The van der Waals surface area contributed by atoms with Gasteiger partial charge in [-0.25, -0.2) is 4.79 Å². The van der Waals surface area contributed by atoms with E-state index in [9.17, 15) is 4.79 Å². The summed E-state index contributed by atoms with van der Waals surface area (Å²) in [5.41, 5.74) is 7.95. The fourth-order valence-electron chi connectivity index (χ4n) is 2.01. The molecule has 98 valence electrons. The lowest BCUT2D eigenvalue weighted by Gasteiger charge is -2.15. The lowest BCUT2D eigenvalue weighted by molar-refractivity contribution is -0.139. The van der Waals surface area contributed by atoms with Gasteiger partial charge in [-0.1, -0.05) is 24.2 Å². The molecule has 0 saturated carbocycles. The minimum Gasteiger partial charge on any atom is -0.454 e. The maximum absolute atomic E-state index is 11.4. The lowest BCUT2D eigenvalue weighted by atomic mass is 9.95. The predicted molar refractivity (Wildman–Crippen MR) is 75.0 cm³/mol. The summed E-state index contributed by atoms with van der Waals surface area (Å²) in [5, 5.41) is 7.90. The number of allylic oxidation sites excluding steroid dienone is 1. The highest BCUT2D eigenvalue weighted by atomic mass is 35.5. The van der Waals surface area contributed by atoms with E-state index in [-0.39, 0.29) is 0 Å². The zero-order valence-electron chi connectivity index (χ0n) is 10.2. The Labute approximate surface area is 116 Å². The van der Waals surface area contributed by atoms with Crippen LogP contribution in [0.15, 0.2) is 36.6 Å². The van der Waals surface area contributed by atoms with Gasteiger partial charge in [-0.3, -0.25) is 0 Å². The Hall–Kier alpha value is -2.07. The van der Waals surface area contributed by atoms with E-state index >= 15 is 0 Å². The minimum atomic E-state index is -0.427. The molecule has 4 nitrogen and oxygen atoms in total. The zero-order chi connectivity index (χ0) is 14.0. The van der Waals surface area contributed by atoms with E-state index in [0.717, 1.165) is 17.3 Å². The second-order valence-electron chi connectivity index (χ2n) is 4.20. The molecule has 0 aliphatic carbocycles. The van der Waals surface area contributed by atoms with Crippen LogP contribution in [0.4, 0.5) is 0 Å². The van der Waals surface area contributed by atoms with Crippen molar-refractivity contribution in [1.82, 2.24) is 0 Å². The fraction of sp³-hybridized carbons (Fsp3) is 0.143. The van der Waals surface area contributed by atoms with E-state index in [1.54, 1.807) is 18.2 Å². The average Bonchev–Trinajstić information content (AvgIpc) is 2.72. The molecule has 1 unspecified atom stereocenters. The van der Waals surface area contributed by atoms with E-state index in [0.29, 0.717) is 22.6 Å². The van der Waals surface area contributed by atoms with E-state index in [2.05, 4.69) is 6.58 Å². The highest BCUT2D eigenvalue weighted by Crippen LogP contribution is 2.37. The predicted octanol–water partition coefficient (Wildman–Crippen LogP) is 2.83. The Morgan fingerprint density at radius 2 is 2.32 bits per heavy atom. The van der Waals surface area contributed by atoms with Crippen LogP contribution in [-0.2, 0) is 9.53 Å². The number of esters is 1. The van der Waals surface area contributed by atoms with E-state index in [4.69, 9.17) is 27.5 Å². The molecule has 1 aromatic rings. The van der Waals surface area contributed by atoms with Gasteiger partial charge in [0.1, 0.15) is 6.10 Å². The normalized spacial score (nSPS) is 19.4. The number of carbonyl (C=O) groups excluding carboxylic acids is 1. The van der Waals surface area contributed by atoms with Crippen LogP contribution in [0.25, 0.3) is 5.57 Å². The number of rotatable bonds is 3. The summed E-state index contributed by atoms with van der Waals surface area (Å²) in [4.78, 5) is 11.4. The van der Waals surface area contributed by atoms with Crippen LogP contribution in [0.5, 0.6) is 0 Å². The van der Waals surface area contributed by atoms with E-state index in [1.807, 2.05) is 0 Å². The third-order valence-corrected chi connectivity index (χ3v) is 3.21. The number of hydrogen-bond donors (Lipinski definition) is 2. The second-order valence-corrected chi connectivity index (χ2v) is 4.64. The van der Waals surface area contributed by atoms with E-state index < -0.39 is 12.1 Å². The molecule has 0 spiro atoms. The van der Waals surface area contributed by atoms with Crippen molar-refractivity contribution in [2.45, 2.75) is 12.5 Å². The Kier molecular flexibility index (Phi) is 3.71. The summed E-state index contributed by atoms with van der Waals surface area (Å²) in [6.07, 6.45) is 2.48. The fourth-order valence-corrected chi connectivity index (χ4v) is 2.19. The van der Waals surface area contributed by atoms with Gasteiger partial charge in [-0.15, -0.1) is 0 Å². The monoisotopic (exact) mass is 276 g/mol. The molecule has 1 aliphatic rings. The molecule has 0 aromatic heterocycles. The summed E-state index contributed by atoms with van der Waals surface area (Å²) in [6.45, 7) is 3.66. The molecule has 19 heavy (non-hydrogen) atoms. The molecular weight excluding hydrogens is 264 g/mol. The number of carbonyl (C=O) groups is 1. The summed E-state index contributed by atoms with van der Waals surface area (Å²) < 4.78 is 5.25. The molecular formula is C14H13ClN2O2. The minimum absolute atomic E-state index is 0.399. The second kappa shape index (κ2) is 5.28. The Morgan fingerprint density at radius 1 is 1.58 bits per heavy atom. The highest BCUT2D eigenvalue weighted by molar-refractivity contribution is 6.30. The smallest absolute Gasteiger partial charge is 0.334 e. The Morgan fingerprint density at radius 3 is 2.84 bits per heavy atom. The Bertz CT molecular complexity index is 577. The van der Waals surface area contributed by atoms with Crippen LogP contribution < -0.4 is 5.73 Å². The van der Waals surface area contributed by atoms with Gasteiger partial charge in [0.2, 0.25) is 0 Å². The quantitative estimate of drug-likeness (QED) is 0.506. The molecule has 0 radical (unpaired) electrons. The third-order valence-electron chi connectivity index (χ3n) is 2.98. The number of hydrogen-bond acceptors (Lipinski definition) is 4. The van der Waals surface area contributed by atoms with Gasteiger partial charge >= 0.3 is 5.97 Å². The maximum Gasteiger partial charge on any atom is 0.334 e. The molecule has 1 aromatic carbocycles. The number of halogens is 1. The molecule has 0 amide bonds. The van der Waals surface area contributed by atoms with Crippen LogP contribution >= 0.6 is 11.6 Å². The van der Waals surface area contributed by atoms with Crippen molar-refractivity contribution in [3.63, 3.8) is 0 Å². The molecule has 1 aliphatic heterocycles. The molecule has 5 heteroatoms. The molecule has 1 heterocycles. The molecule has 2 rings (SSSR count). The van der Waals surface area contributed by atoms with Crippen molar-refractivity contribution >= 4 is 29.4 Å². The SMILES string of the molecule is C=C1CC(c2cc(Cl)ccc2/C(C=N)=C/N)OC1=O. The van der Waals surface area contributed by atoms with Gasteiger partial charge in [0.25, 0.3) is 0 Å². The van der Waals surface area contributed by atoms with Crippen LogP contribution in [0.3, 0.4) is 0 Å². The largest absolute Gasteiger partial charge is 0.454 e. The number of cyclic esters (lactones) is 1. The lowest BCUT2D eigenvalue weighted by Crippen LogP contribution is -2.04. The van der Waals surface area contributed by atoms with Gasteiger partial charge < -0.3 is 15.9 Å². The maximum atomic E-state index is 11.4. The van der Waals surface area contributed by atoms with Crippen molar-refractivity contribution in [3.05, 3.63) is 52.7 Å². The van der Waals surface area contributed by atoms with Crippen molar-refractivity contribution in [3.8, 4) is 0 Å². The van der Waals surface area contributed by atoms with E-state index in [1.165, 1.54) is 6.20 Å². The summed E-state index contributed by atoms with van der Waals surface area (Å²) in [6, 6.07) is 5.19. The van der Waals surface area contributed by atoms with Gasteiger partial charge in [0.15, 0.2) is 0 Å². The Balaban J connectivity index is 2.49. The summed E-state index contributed by atoms with van der Waals surface area (Å²) in [5.74, 6) is -0.399. The van der Waals surface area contributed by atoms with Crippen LogP contribution in [0.1, 0.15) is 23.7 Å². The average molecular weight is 277 g/mol. The highest BCUT2D eigenvalue weighted by Gasteiger charge is 2.30. The first-order valence-electron chi connectivity index (χ1n) is 5.67. The van der Waals surface area contributed by atoms with Gasteiger partial charge in [-0.05, 0) is 17.7 Å². The van der Waals surface area contributed by atoms with Crippen molar-refractivity contribution < 1.29 is 9.53 Å². The number of ether oxygens (including phenoxy) is 1. The number of benzene rings is 1. The molecule has 1 atom stereocenters. The first kappa shape index (κ1) is 13.4. The van der Waals surface area contributed by atoms with Crippen LogP contribution in [0, 0.1) is 5.41 Å². The molecule has 3 N–H and O–H groups in total. The summed E-state index contributed by atoms with van der Waals surface area (Å²) >= 11 is 5.99. The van der Waals surface area contributed by atoms with Crippen LogP contribution in [0.2, 0.25) is 5.02 Å². The number of nitrogens with one attached hydrogen (secondary N) is 1. The van der Waals surface area contributed by atoms with Crippen molar-refractivity contribution in [2.24, 2.45) is 5.73 Å². The summed E-state index contributed by atoms with van der Waals surface area (Å²) in [7, 11) is 0. The first-order chi connectivity index (χ1) is 9.06. The van der Waals surface area contributed by atoms with Gasteiger partial charge in [-0.2, -0.15) is 0 Å². The van der Waals surface area contributed by atoms with Crippen LogP contribution in [-0.4, -0.2) is 12.2 Å².